The van der Waals surface area contributed by atoms with Crippen molar-refractivity contribution in [2.45, 2.75) is 6.92 Å². The van der Waals surface area contributed by atoms with Crippen LogP contribution in [0, 0.1) is 0 Å². The Morgan fingerprint density at radius 3 is 2.87 bits per heavy atom. The minimum absolute atomic E-state index is 0.354. The molecule has 1 aromatic rings. The molecule has 0 heterocycles. The van der Waals surface area contributed by atoms with Crippen molar-refractivity contribution >= 4 is 35.2 Å². The van der Waals surface area contributed by atoms with E-state index in [2.05, 4.69) is 0 Å². The fraction of sp³-hybridized carbons (Fsp3) is 0.182. The highest BCUT2D eigenvalue weighted by atomic mass is 35.5. The SMILES string of the molecule is CCOC(=O)/C=C/c1cccc(Cl)c1Cl. The number of benzene rings is 1. The molecule has 0 atom stereocenters. The van der Waals surface area contributed by atoms with Crippen molar-refractivity contribution in [3.8, 4) is 0 Å². The van der Waals surface area contributed by atoms with Crippen LogP contribution in [0.25, 0.3) is 6.08 Å². The monoisotopic (exact) mass is 244 g/mol. The number of hydrogen-bond donors (Lipinski definition) is 0. The van der Waals surface area contributed by atoms with Crippen molar-refractivity contribution in [1.29, 1.82) is 0 Å². The normalized spacial score (nSPS) is 10.6. The molecule has 0 aliphatic rings. The Balaban J connectivity index is 2.81. The van der Waals surface area contributed by atoms with Gasteiger partial charge in [-0.05, 0) is 24.6 Å². The third-order valence-electron chi connectivity index (χ3n) is 1.67. The molecule has 15 heavy (non-hydrogen) atoms. The lowest BCUT2D eigenvalue weighted by Gasteiger charge is -1.99. The number of ether oxygens (including phenoxy) is 1. The summed E-state index contributed by atoms with van der Waals surface area (Å²) in [6.45, 7) is 2.10. The Morgan fingerprint density at radius 2 is 2.20 bits per heavy atom. The van der Waals surface area contributed by atoms with E-state index in [0.29, 0.717) is 22.2 Å². The highest BCUT2D eigenvalue weighted by molar-refractivity contribution is 6.42. The summed E-state index contributed by atoms with van der Waals surface area (Å²) in [6, 6.07) is 5.22. The van der Waals surface area contributed by atoms with Crippen molar-refractivity contribution < 1.29 is 9.53 Å². The van der Waals surface area contributed by atoms with Gasteiger partial charge in [0.15, 0.2) is 0 Å². The third-order valence-corrected chi connectivity index (χ3v) is 2.50. The van der Waals surface area contributed by atoms with Gasteiger partial charge in [-0.3, -0.25) is 0 Å². The third kappa shape index (κ3) is 3.57. The molecule has 0 bridgehead atoms. The van der Waals surface area contributed by atoms with Crippen molar-refractivity contribution in [2.75, 3.05) is 6.61 Å². The number of hydrogen-bond acceptors (Lipinski definition) is 2. The fourth-order valence-electron chi connectivity index (χ4n) is 0.997. The van der Waals surface area contributed by atoms with Gasteiger partial charge in [0.05, 0.1) is 16.7 Å². The molecule has 0 aliphatic carbocycles. The Morgan fingerprint density at radius 1 is 1.47 bits per heavy atom. The van der Waals surface area contributed by atoms with E-state index in [-0.39, 0.29) is 0 Å². The van der Waals surface area contributed by atoms with Gasteiger partial charge in [0, 0.05) is 6.08 Å². The van der Waals surface area contributed by atoms with Gasteiger partial charge in [-0.2, -0.15) is 0 Å². The molecule has 0 unspecified atom stereocenters. The van der Waals surface area contributed by atoms with Crippen molar-refractivity contribution in [1.82, 2.24) is 0 Å². The van der Waals surface area contributed by atoms with Gasteiger partial charge in [0.2, 0.25) is 0 Å². The maximum atomic E-state index is 11.0. The lowest BCUT2D eigenvalue weighted by Crippen LogP contribution is -1.98. The minimum Gasteiger partial charge on any atom is -0.463 e. The summed E-state index contributed by atoms with van der Waals surface area (Å²) >= 11 is 11.7. The summed E-state index contributed by atoms with van der Waals surface area (Å²) in [4.78, 5) is 11.0. The van der Waals surface area contributed by atoms with Gasteiger partial charge in [-0.1, -0.05) is 35.3 Å². The summed E-state index contributed by atoms with van der Waals surface area (Å²) in [5.74, 6) is -0.395. The summed E-state index contributed by atoms with van der Waals surface area (Å²) in [7, 11) is 0. The lowest BCUT2D eigenvalue weighted by atomic mass is 10.2. The van der Waals surface area contributed by atoms with Gasteiger partial charge < -0.3 is 4.74 Å². The molecule has 80 valence electrons. The molecule has 4 heteroatoms. The predicted octanol–water partition coefficient (Wildman–Crippen LogP) is 3.57. The average molecular weight is 245 g/mol. The van der Waals surface area contributed by atoms with Crippen LogP contribution in [-0.2, 0) is 9.53 Å². The van der Waals surface area contributed by atoms with E-state index in [1.165, 1.54) is 6.08 Å². The number of carbonyl (C=O) groups is 1. The zero-order chi connectivity index (χ0) is 11.3. The van der Waals surface area contributed by atoms with Gasteiger partial charge in [-0.15, -0.1) is 0 Å². The number of rotatable bonds is 3. The summed E-state index contributed by atoms with van der Waals surface area (Å²) in [6.07, 6.45) is 2.90. The topological polar surface area (TPSA) is 26.3 Å². The molecular weight excluding hydrogens is 235 g/mol. The van der Waals surface area contributed by atoms with E-state index in [1.54, 1.807) is 31.2 Å². The first-order valence-electron chi connectivity index (χ1n) is 4.44. The van der Waals surface area contributed by atoms with Crippen LogP contribution in [0.1, 0.15) is 12.5 Å². The Hall–Kier alpha value is -0.990. The van der Waals surface area contributed by atoms with E-state index < -0.39 is 5.97 Å². The number of esters is 1. The zero-order valence-electron chi connectivity index (χ0n) is 8.17. The molecule has 0 spiro atoms. The first-order chi connectivity index (χ1) is 7.15. The number of halogens is 2. The minimum atomic E-state index is -0.395. The van der Waals surface area contributed by atoms with Crippen LogP contribution in [0.2, 0.25) is 10.0 Å². The highest BCUT2D eigenvalue weighted by Crippen LogP contribution is 2.26. The van der Waals surface area contributed by atoms with Crippen LogP contribution in [-0.4, -0.2) is 12.6 Å². The molecule has 0 amide bonds. The molecule has 1 aromatic carbocycles. The van der Waals surface area contributed by atoms with Gasteiger partial charge >= 0.3 is 5.97 Å². The van der Waals surface area contributed by atoms with Crippen LogP contribution >= 0.6 is 23.2 Å². The molecule has 0 saturated carbocycles. The second-order valence-electron chi connectivity index (χ2n) is 2.73. The molecule has 2 nitrogen and oxygen atoms in total. The fourth-order valence-corrected chi connectivity index (χ4v) is 1.37. The molecule has 0 aliphatic heterocycles. The zero-order valence-corrected chi connectivity index (χ0v) is 9.68. The second kappa shape index (κ2) is 5.79. The van der Waals surface area contributed by atoms with E-state index >= 15 is 0 Å². The molecule has 0 radical (unpaired) electrons. The van der Waals surface area contributed by atoms with Gasteiger partial charge in [-0.25, -0.2) is 4.79 Å². The maximum absolute atomic E-state index is 11.0. The second-order valence-corrected chi connectivity index (χ2v) is 3.51. The quantitative estimate of drug-likeness (QED) is 0.601. The van der Waals surface area contributed by atoms with E-state index in [9.17, 15) is 4.79 Å². The maximum Gasteiger partial charge on any atom is 0.330 e. The van der Waals surface area contributed by atoms with Crippen molar-refractivity contribution in [2.24, 2.45) is 0 Å². The van der Waals surface area contributed by atoms with E-state index in [4.69, 9.17) is 27.9 Å². The Bertz CT molecular complexity index is 386. The molecule has 0 saturated heterocycles. The van der Waals surface area contributed by atoms with Crippen LogP contribution in [0.4, 0.5) is 0 Å². The molecule has 0 fully saturated rings. The Kier molecular flexibility index (Phi) is 4.66. The molecule has 0 N–H and O–H groups in total. The molecular formula is C11H10Cl2O2. The largest absolute Gasteiger partial charge is 0.463 e. The number of carbonyl (C=O) groups excluding carboxylic acids is 1. The smallest absolute Gasteiger partial charge is 0.330 e. The lowest BCUT2D eigenvalue weighted by molar-refractivity contribution is -0.137. The van der Waals surface area contributed by atoms with Crippen molar-refractivity contribution in [3.05, 3.63) is 39.9 Å². The first-order valence-corrected chi connectivity index (χ1v) is 5.19. The highest BCUT2D eigenvalue weighted by Gasteiger charge is 2.01. The van der Waals surface area contributed by atoms with Gasteiger partial charge in [0.25, 0.3) is 0 Å². The van der Waals surface area contributed by atoms with E-state index in [1.807, 2.05) is 0 Å². The first kappa shape index (κ1) is 12.1. The average Bonchev–Trinajstić information content (AvgIpc) is 2.21. The van der Waals surface area contributed by atoms with Crippen LogP contribution in [0.3, 0.4) is 0 Å². The Labute approximate surface area is 98.4 Å². The standard InChI is InChI=1S/C11H10Cl2O2/c1-2-15-10(14)7-6-8-4-3-5-9(12)11(8)13/h3-7H,2H2,1H3/b7-6+. The van der Waals surface area contributed by atoms with Crippen LogP contribution < -0.4 is 0 Å². The van der Waals surface area contributed by atoms with Crippen LogP contribution in [0.15, 0.2) is 24.3 Å². The molecule has 1 rings (SSSR count). The summed E-state index contributed by atoms with van der Waals surface area (Å²) < 4.78 is 4.73. The van der Waals surface area contributed by atoms with E-state index in [0.717, 1.165) is 0 Å². The predicted molar refractivity (Wildman–Crippen MR) is 62.1 cm³/mol. The van der Waals surface area contributed by atoms with Crippen molar-refractivity contribution in [3.63, 3.8) is 0 Å². The van der Waals surface area contributed by atoms with Crippen LogP contribution in [0.5, 0.6) is 0 Å². The summed E-state index contributed by atoms with van der Waals surface area (Å²) in [5.41, 5.74) is 0.692. The summed E-state index contributed by atoms with van der Waals surface area (Å²) in [5, 5.41) is 0.891. The van der Waals surface area contributed by atoms with Gasteiger partial charge in [0.1, 0.15) is 0 Å². The molecule has 0 aromatic heterocycles.